The number of alkyl halides is 3. The third-order valence-electron chi connectivity index (χ3n) is 4.02. The fourth-order valence-corrected chi connectivity index (χ4v) is 2.77. The van der Waals surface area contributed by atoms with Crippen molar-refractivity contribution < 1.29 is 17.6 Å². The molecule has 1 fully saturated rings. The number of benzene rings is 1. The molecule has 0 radical (unpaired) electrons. The summed E-state index contributed by atoms with van der Waals surface area (Å²) in [6.07, 6.45) is -0.0745. The maximum absolute atomic E-state index is 13.2. The van der Waals surface area contributed by atoms with E-state index in [9.17, 15) is 17.6 Å². The van der Waals surface area contributed by atoms with E-state index >= 15 is 0 Å². The minimum Gasteiger partial charge on any atom is -0.310 e. The van der Waals surface area contributed by atoms with Crippen molar-refractivity contribution in [2.45, 2.75) is 51.4 Å². The van der Waals surface area contributed by atoms with Gasteiger partial charge in [0.25, 0.3) is 0 Å². The van der Waals surface area contributed by atoms with Crippen LogP contribution in [0.4, 0.5) is 17.6 Å². The Morgan fingerprint density at radius 3 is 2.55 bits per heavy atom. The Morgan fingerprint density at radius 1 is 1.20 bits per heavy atom. The van der Waals surface area contributed by atoms with Crippen LogP contribution in [0.15, 0.2) is 18.2 Å². The molecule has 1 aliphatic carbocycles. The Kier molecular flexibility index (Phi) is 4.68. The quantitative estimate of drug-likeness (QED) is 0.807. The molecule has 20 heavy (non-hydrogen) atoms. The summed E-state index contributed by atoms with van der Waals surface area (Å²) in [5, 5.41) is 3.30. The fourth-order valence-electron chi connectivity index (χ4n) is 2.77. The lowest BCUT2D eigenvalue weighted by molar-refractivity contribution is -0.140. The van der Waals surface area contributed by atoms with Crippen molar-refractivity contribution in [3.63, 3.8) is 0 Å². The smallest absolute Gasteiger partial charge is 0.310 e. The molecular formula is C15H19F4N. The van der Waals surface area contributed by atoms with Gasteiger partial charge in [0.15, 0.2) is 0 Å². The highest BCUT2D eigenvalue weighted by atomic mass is 19.4. The van der Waals surface area contributed by atoms with Crippen LogP contribution < -0.4 is 5.32 Å². The zero-order valence-corrected chi connectivity index (χ0v) is 11.4. The van der Waals surface area contributed by atoms with E-state index in [2.05, 4.69) is 12.2 Å². The van der Waals surface area contributed by atoms with Crippen molar-refractivity contribution >= 4 is 0 Å². The standard InChI is InChI=1S/C15H19F4N/c1-10-4-2-3-5-14(10)20-9-11-6-7-13(16)12(8-11)15(17,18)19/h6-8,10,14,20H,2-5,9H2,1H3. The number of hydrogen-bond acceptors (Lipinski definition) is 1. The second kappa shape index (κ2) is 6.12. The lowest BCUT2D eigenvalue weighted by atomic mass is 9.86. The Morgan fingerprint density at radius 2 is 1.90 bits per heavy atom. The van der Waals surface area contributed by atoms with Crippen LogP contribution in [0.1, 0.15) is 43.7 Å². The van der Waals surface area contributed by atoms with Crippen molar-refractivity contribution in [1.82, 2.24) is 5.32 Å². The predicted octanol–water partition coefficient (Wildman–Crippen LogP) is 4.51. The Hall–Kier alpha value is -1.10. The van der Waals surface area contributed by atoms with Gasteiger partial charge in [-0.3, -0.25) is 0 Å². The molecule has 0 aromatic heterocycles. The van der Waals surface area contributed by atoms with E-state index < -0.39 is 17.6 Å². The molecule has 1 aliphatic rings. The van der Waals surface area contributed by atoms with Crippen LogP contribution in [-0.2, 0) is 12.7 Å². The van der Waals surface area contributed by atoms with Gasteiger partial charge in [0.2, 0.25) is 0 Å². The molecule has 5 heteroatoms. The van der Waals surface area contributed by atoms with Gasteiger partial charge in [-0.2, -0.15) is 13.2 Å². The molecule has 2 atom stereocenters. The van der Waals surface area contributed by atoms with Gasteiger partial charge < -0.3 is 5.32 Å². The number of halogens is 4. The molecule has 0 amide bonds. The highest BCUT2D eigenvalue weighted by Crippen LogP contribution is 2.32. The second-order valence-corrected chi connectivity index (χ2v) is 5.56. The summed E-state index contributed by atoms with van der Waals surface area (Å²) in [6, 6.07) is 3.54. The van der Waals surface area contributed by atoms with Crippen LogP contribution in [0.5, 0.6) is 0 Å². The van der Waals surface area contributed by atoms with Crippen LogP contribution >= 0.6 is 0 Å². The fraction of sp³-hybridized carbons (Fsp3) is 0.600. The van der Waals surface area contributed by atoms with E-state index in [1.807, 2.05) is 0 Å². The Bertz CT molecular complexity index is 456. The number of rotatable bonds is 3. The molecule has 2 unspecified atom stereocenters. The average Bonchev–Trinajstić information content (AvgIpc) is 2.38. The first-order chi connectivity index (χ1) is 9.38. The van der Waals surface area contributed by atoms with E-state index in [4.69, 9.17) is 0 Å². The van der Waals surface area contributed by atoms with Crippen LogP contribution in [-0.4, -0.2) is 6.04 Å². The molecule has 2 rings (SSSR count). The molecular weight excluding hydrogens is 270 g/mol. The SMILES string of the molecule is CC1CCCCC1NCc1ccc(F)c(C(F)(F)F)c1. The molecule has 1 aromatic rings. The molecule has 1 saturated carbocycles. The molecule has 0 spiro atoms. The Labute approximate surface area is 116 Å². The van der Waals surface area contributed by atoms with Crippen LogP contribution in [0.2, 0.25) is 0 Å². The first kappa shape index (κ1) is 15.3. The van der Waals surface area contributed by atoms with Crippen molar-refractivity contribution in [2.24, 2.45) is 5.92 Å². The second-order valence-electron chi connectivity index (χ2n) is 5.56. The van der Waals surface area contributed by atoms with Crippen LogP contribution in [0.3, 0.4) is 0 Å². The lowest BCUT2D eigenvalue weighted by Gasteiger charge is -2.29. The lowest BCUT2D eigenvalue weighted by Crippen LogP contribution is -2.36. The van der Waals surface area contributed by atoms with Gasteiger partial charge in [0, 0.05) is 12.6 Å². The Balaban J connectivity index is 2.03. The molecule has 0 heterocycles. The van der Waals surface area contributed by atoms with Gasteiger partial charge in [-0.25, -0.2) is 4.39 Å². The molecule has 1 aromatic carbocycles. The topological polar surface area (TPSA) is 12.0 Å². The molecule has 1 N–H and O–H groups in total. The van der Waals surface area contributed by atoms with E-state index in [1.54, 1.807) is 0 Å². The van der Waals surface area contributed by atoms with Crippen molar-refractivity contribution in [3.05, 3.63) is 35.1 Å². The molecule has 1 nitrogen and oxygen atoms in total. The maximum Gasteiger partial charge on any atom is 0.419 e. The maximum atomic E-state index is 13.2. The van der Waals surface area contributed by atoms with Crippen molar-refractivity contribution in [2.75, 3.05) is 0 Å². The predicted molar refractivity (Wildman–Crippen MR) is 69.7 cm³/mol. The van der Waals surface area contributed by atoms with E-state index in [1.165, 1.54) is 12.5 Å². The van der Waals surface area contributed by atoms with E-state index in [0.717, 1.165) is 31.4 Å². The molecule has 0 bridgehead atoms. The summed E-state index contributed by atoms with van der Waals surface area (Å²) in [6.45, 7) is 2.50. The highest BCUT2D eigenvalue weighted by molar-refractivity contribution is 5.27. The normalized spacial score (nSPS) is 23.9. The monoisotopic (exact) mass is 289 g/mol. The minimum absolute atomic E-state index is 0.336. The molecule has 112 valence electrons. The van der Waals surface area contributed by atoms with Gasteiger partial charge in [-0.05, 0) is 36.5 Å². The van der Waals surface area contributed by atoms with Crippen molar-refractivity contribution in [3.8, 4) is 0 Å². The third kappa shape index (κ3) is 3.72. The first-order valence-electron chi connectivity index (χ1n) is 6.97. The van der Waals surface area contributed by atoms with Crippen molar-refractivity contribution in [1.29, 1.82) is 0 Å². The largest absolute Gasteiger partial charge is 0.419 e. The van der Waals surface area contributed by atoms with E-state index in [-0.39, 0.29) is 0 Å². The molecule has 0 aliphatic heterocycles. The summed E-state index contributed by atoms with van der Waals surface area (Å²) in [7, 11) is 0. The summed E-state index contributed by atoms with van der Waals surface area (Å²) in [5.74, 6) is -0.682. The van der Waals surface area contributed by atoms with E-state index in [0.29, 0.717) is 24.1 Å². The summed E-state index contributed by atoms with van der Waals surface area (Å²) in [4.78, 5) is 0. The summed E-state index contributed by atoms with van der Waals surface area (Å²) < 4.78 is 51.1. The first-order valence-corrected chi connectivity index (χ1v) is 6.97. The summed E-state index contributed by atoms with van der Waals surface area (Å²) in [5.41, 5.74) is -0.718. The number of nitrogens with one attached hydrogen (secondary N) is 1. The highest BCUT2D eigenvalue weighted by Gasteiger charge is 2.34. The van der Waals surface area contributed by atoms with Crippen LogP contribution in [0.25, 0.3) is 0 Å². The average molecular weight is 289 g/mol. The van der Waals surface area contributed by atoms with Gasteiger partial charge in [0.05, 0.1) is 5.56 Å². The molecule has 0 saturated heterocycles. The zero-order chi connectivity index (χ0) is 14.8. The minimum atomic E-state index is -4.64. The van der Waals surface area contributed by atoms with Gasteiger partial charge >= 0.3 is 6.18 Å². The third-order valence-corrected chi connectivity index (χ3v) is 4.02. The van der Waals surface area contributed by atoms with Crippen LogP contribution in [0, 0.1) is 11.7 Å². The van der Waals surface area contributed by atoms with Gasteiger partial charge in [-0.1, -0.05) is 25.8 Å². The zero-order valence-electron chi connectivity index (χ0n) is 11.4. The number of hydrogen-bond donors (Lipinski definition) is 1. The van der Waals surface area contributed by atoms with Gasteiger partial charge in [0.1, 0.15) is 5.82 Å². The summed E-state index contributed by atoms with van der Waals surface area (Å²) >= 11 is 0. The van der Waals surface area contributed by atoms with Gasteiger partial charge in [-0.15, -0.1) is 0 Å².